The summed E-state index contributed by atoms with van der Waals surface area (Å²) in [5.41, 5.74) is 1.59. The molecule has 2 atom stereocenters. The van der Waals surface area contributed by atoms with Crippen LogP contribution >= 0.6 is 11.3 Å². The van der Waals surface area contributed by atoms with Crippen molar-refractivity contribution in [2.45, 2.75) is 43.9 Å². The number of hydrogen-bond donors (Lipinski definition) is 1. The minimum atomic E-state index is -4.34. The summed E-state index contributed by atoms with van der Waals surface area (Å²) in [6, 6.07) is 7.32. The molecule has 0 spiro atoms. The molecule has 0 fully saturated rings. The average Bonchev–Trinajstić information content (AvgIpc) is 3.39. The summed E-state index contributed by atoms with van der Waals surface area (Å²) in [5, 5.41) is 15.7. The first-order valence-electron chi connectivity index (χ1n) is 11.7. The molecule has 14 heteroatoms. The van der Waals surface area contributed by atoms with Crippen LogP contribution in [0.1, 0.15) is 34.3 Å². The molecule has 39 heavy (non-hydrogen) atoms. The van der Waals surface area contributed by atoms with Gasteiger partial charge < -0.3 is 10.1 Å². The van der Waals surface area contributed by atoms with Gasteiger partial charge in [0.25, 0.3) is 5.69 Å². The number of nitro groups is 1. The Morgan fingerprint density at radius 1 is 1.13 bits per heavy atom. The van der Waals surface area contributed by atoms with Crippen LogP contribution in [-0.2, 0) is 28.8 Å². The third kappa shape index (κ3) is 8.74. The van der Waals surface area contributed by atoms with E-state index in [2.05, 4.69) is 15.3 Å². The summed E-state index contributed by atoms with van der Waals surface area (Å²) in [4.78, 5) is 45.8. The van der Waals surface area contributed by atoms with Crippen molar-refractivity contribution in [1.82, 2.24) is 20.2 Å². The number of methoxy groups -OCH3 is 1. The molecule has 0 bridgehead atoms. The summed E-state index contributed by atoms with van der Waals surface area (Å²) < 4.78 is 42.9. The smallest absolute Gasteiger partial charge is 0.409 e. The second kappa shape index (κ2) is 13.1. The highest BCUT2D eigenvalue weighted by Gasteiger charge is 2.31. The highest BCUT2D eigenvalue weighted by Crippen LogP contribution is 2.27. The molecule has 2 amide bonds. The molecule has 0 unspecified atom stereocenters. The Balaban J connectivity index is 1.89. The number of alkyl halides is 3. The number of nitrogens with one attached hydrogen (secondary N) is 1. The SMILES string of the molecule is COC(=O)N(C)[C@@H](Cc1ccncc1)C(=O)N[C@@H](Cc1ccc([N+](=O)[O-])cc1)c1csc(CCC(F)(F)F)n1. The molecule has 0 aliphatic heterocycles. The maximum absolute atomic E-state index is 13.6. The quantitative estimate of drug-likeness (QED) is 0.265. The summed E-state index contributed by atoms with van der Waals surface area (Å²) in [6.07, 6.45) is -3.02. The second-order valence-corrected chi connectivity index (χ2v) is 9.57. The van der Waals surface area contributed by atoms with Crippen LogP contribution in [0.5, 0.6) is 0 Å². The number of ether oxygens (including phenoxy) is 1. The standard InChI is InChI=1S/C25H26F3N5O5S/c1-32(24(35)38-2)21(14-17-8-11-29-12-9-17)23(34)31-19(13-16-3-5-18(6-4-16)33(36)37)20-15-39-22(30-20)7-10-25(26,27)28/h3-6,8-9,11-12,15,19,21H,7,10,13-14H2,1-2H3,(H,31,34)/t19-,21-/m0/s1. The predicted molar refractivity (Wildman–Crippen MR) is 136 cm³/mol. The van der Waals surface area contributed by atoms with Crippen LogP contribution < -0.4 is 5.32 Å². The largest absolute Gasteiger partial charge is 0.453 e. The van der Waals surface area contributed by atoms with E-state index in [-0.39, 0.29) is 30.0 Å². The van der Waals surface area contributed by atoms with Gasteiger partial charge in [-0.15, -0.1) is 11.3 Å². The Labute approximate surface area is 226 Å². The predicted octanol–water partition coefficient (Wildman–Crippen LogP) is 4.65. The molecule has 0 saturated heterocycles. The topological polar surface area (TPSA) is 128 Å². The number of non-ortho nitro benzene ring substituents is 1. The van der Waals surface area contributed by atoms with Crippen molar-refractivity contribution >= 4 is 29.0 Å². The van der Waals surface area contributed by atoms with Gasteiger partial charge in [-0.25, -0.2) is 9.78 Å². The first-order valence-corrected chi connectivity index (χ1v) is 12.6. The van der Waals surface area contributed by atoms with Crippen LogP contribution in [0.15, 0.2) is 54.2 Å². The lowest BCUT2D eigenvalue weighted by Gasteiger charge is -2.28. The van der Waals surface area contributed by atoms with E-state index in [0.29, 0.717) is 11.3 Å². The minimum absolute atomic E-state index is 0.112. The number of amides is 2. The van der Waals surface area contributed by atoms with E-state index in [0.717, 1.165) is 21.8 Å². The summed E-state index contributed by atoms with van der Waals surface area (Å²) in [7, 11) is 2.61. The van der Waals surface area contributed by atoms with Gasteiger partial charge in [0.15, 0.2) is 0 Å². The van der Waals surface area contributed by atoms with Crippen molar-refractivity contribution in [2.24, 2.45) is 0 Å². The minimum Gasteiger partial charge on any atom is -0.453 e. The van der Waals surface area contributed by atoms with Crippen molar-refractivity contribution in [3.8, 4) is 0 Å². The van der Waals surface area contributed by atoms with Gasteiger partial charge in [-0.1, -0.05) is 12.1 Å². The second-order valence-electron chi connectivity index (χ2n) is 8.63. The van der Waals surface area contributed by atoms with Gasteiger partial charge in [-0.2, -0.15) is 13.2 Å². The molecule has 3 rings (SSSR count). The van der Waals surface area contributed by atoms with Crippen molar-refractivity contribution < 1.29 is 32.4 Å². The number of hydrogen-bond acceptors (Lipinski definition) is 8. The number of pyridine rings is 1. The zero-order valence-corrected chi connectivity index (χ0v) is 21.9. The highest BCUT2D eigenvalue weighted by atomic mass is 32.1. The van der Waals surface area contributed by atoms with Crippen LogP contribution in [0.25, 0.3) is 0 Å². The number of thiazole rings is 1. The van der Waals surface area contributed by atoms with Gasteiger partial charge in [0.1, 0.15) is 6.04 Å². The van der Waals surface area contributed by atoms with Crippen LogP contribution in [0.3, 0.4) is 0 Å². The number of rotatable bonds is 11. The number of halogens is 3. The lowest BCUT2D eigenvalue weighted by molar-refractivity contribution is -0.384. The fourth-order valence-electron chi connectivity index (χ4n) is 3.75. The first-order chi connectivity index (χ1) is 18.5. The molecule has 10 nitrogen and oxygen atoms in total. The fourth-order valence-corrected chi connectivity index (χ4v) is 4.61. The van der Waals surface area contributed by atoms with Gasteiger partial charge >= 0.3 is 12.3 Å². The van der Waals surface area contributed by atoms with Crippen LogP contribution in [-0.4, -0.2) is 58.2 Å². The van der Waals surface area contributed by atoms with E-state index in [4.69, 9.17) is 4.74 Å². The Morgan fingerprint density at radius 3 is 2.36 bits per heavy atom. The maximum Gasteiger partial charge on any atom is 0.409 e. The van der Waals surface area contributed by atoms with Gasteiger partial charge in [0, 0.05) is 56.2 Å². The summed E-state index contributed by atoms with van der Waals surface area (Å²) >= 11 is 1.05. The summed E-state index contributed by atoms with van der Waals surface area (Å²) in [6.45, 7) is 0. The Kier molecular flexibility index (Phi) is 9.93. The highest BCUT2D eigenvalue weighted by molar-refractivity contribution is 7.09. The van der Waals surface area contributed by atoms with E-state index >= 15 is 0 Å². The van der Waals surface area contributed by atoms with Gasteiger partial charge in [0.2, 0.25) is 5.91 Å². The lowest BCUT2D eigenvalue weighted by Crippen LogP contribution is -2.50. The first kappa shape index (κ1) is 29.5. The molecule has 0 radical (unpaired) electrons. The Bertz CT molecular complexity index is 1270. The number of carbonyl (C=O) groups excluding carboxylic acids is 2. The number of aromatic nitrogens is 2. The normalized spacial score (nSPS) is 12.8. The zero-order chi connectivity index (χ0) is 28.6. The number of aryl methyl sites for hydroxylation is 1. The number of nitro benzene ring substituents is 1. The Morgan fingerprint density at radius 2 is 1.77 bits per heavy atom. The molecule has 0 saturated carbocycles. The molecule has 2 aromatic heterocycles. The average molecular weight is 566 g/mol. The third-order valence-electron chi connectivity index (χ3n) is 5.86. The van der Waals surface area contributed by atoms with Crippen molar-refractivity contribution in [2.75, 3.05) is 14.2 Å². The van der Waals surface area contributed by atoms with E-state index < -0.39 is 41.6 Å². The van der Waals surface area contributed by atoms with Crippen LogP contribution in [0.2, 0.25) is 0 Å². The van der Waals surface area contributed by atoms with Gasteiger partial charge in [-0.05, 0) is 29.7 Å². The summed E-state index contributed by atoms with van der Waals surface area (Å²) in [5.74, 6) is -0.545. The number of carbonyl (C=O) groups is 2. The molecule has 2 heterocycles. The van der Waals surface area contributed by atoms with Gasteiger partial charge in [0.05, 0.1) is 28.8 Å². The Hall–Kier alpha value is -4.07. The number of nitrogens with zero attached hydrogens (tertiary/aromatic N) is 4. The van der Waals surface area contributed by atoms with E-state index in [1.165, 1.54) is 38.4 Å². The number of likely N-dealkylation sites (N-methyl/N-ethyl adjacent to an activating group) is 1. The lowest BCUT2D eigenvalue weighted by atomic mass is 10.0. The van der Waals surface area contributed by atoms with Crippen molar-refractivity contribution in [3.05, 3.63) is 86.1 Å². The van der Waals surface area contributed by atoms with E-state index in [1.54, 1.807) is 29.9 Å². The van der Waals surface area contributed by atoms with Crippen molar-refractivity contribution in [1.29, 1.82) is 0 Å². The molecule has 208 valence electrons. The number of benzene rings is 1. The molecule has 1 N–H and O–H groups in total. The molecule has 3 aromatic rings. The molecular weight excluding hydrogens is 539 g/mol. The zero-order valence-electron chi connectivity index (χ0n) is 21.1. The van der Waals surface area contributed by atoms with E-state index in [1.807, 2.05) is 0 Å². The molecule has 0 aliphatic rings. The molecule has 1 aromatic carbocycles. The molecular formula is C25H26F3N5O5S. The van der Waals surface area contributed by atoms with Crippen LogP contribution in [0, 0.1) is 10.1 Å². The van der Waals surface area contributed by atoms with Crippen molar-refractivity contribution in [3.63, 3.8) is 0 Å². The monoisotopic (exact) mass is 565 g/mol. The van der Waals surface area contributed by atoms with E-state index in [9.17, 15) is 32.9 Å². The fraction of sp³-hybridized carbons (Fsp3) is 0.360. The van der Waals surface area contributed by atoms with Gasteiger partial charge in [-0.3, -0.25) is 24.8 Å². The molecule has 0 aliphatic carbocycles. The maximum atomic E-state index is 13.6. The third-order valence-corrected chi connectivity index (χ3v) is 6.79. The van der Waals surface area contributed by atoms with Crippen LogP contribution in [0.4, 0.5) is 23.7 Å².